The number of ether oxygens (including phenoxy) is 10. The van der Waals surface area contributed by atoms with Gasteiger partial charge in [-0.2, -0.15) is 0 Å². The lowest BCUT2D eigenvalue weighted by Gasteiger charge is -2.45. The van der Waals surface area contributed by atoms with E-state index in [1.165, 1.54) is 0 Å². The quantitative estimate of drug-likeness (QED) is 0.0822. The van der Waals surface area contributed by atoms with Crippen LogP contribution in [0.25, 0.3) is 0 Å². The number of cyclic esters (lactones) is 1. The Morgan fingerprint density at radius 3 is 2.27 bits per heavy atom. The lowest BCUT2D eigenvalue weighted by atomic mass is 9.68. The number of esters is 2. The van der Waals surface area contributed by atoms with E-state index in [0.717, 1.165) is 12.8 Å². The van der Waals surface area contributed by atoms with E-state index in [2.05, 4.69) is 39.2 Å². The third-order valence-corrected chi connectivity index (χ3v) is 15.1. The molecule has 4 fully saturated rings. The van der Waals surface area contributed by atoms with Crippen LogP contribution in [0.5, 0.6) is 0 Å². The van der Waals surface area contributed by atoms with Crippen molar-refractivity contribution in [3.8, 4) is 0 Å². The van der Waals surface area contributed by atoms with E-state index < -0.39 is 47.8 Å². The number of hydrogen-bond donors (Lipinski definition) is 0. The monoisotopic (exact) mass is 903 g/mol. The van der Waals surface area contributed by atoms with Gasteiger partial charge < -0.3 is 47.4 Å². The number of fused-ring (bicyclic) bond motifs is 5. The minimum Gasteiger partial charge on any atom is -0.458 e. The van der Waals surface area contributed by atoms with Crippen molar-refractivity contribution >= 4 is 17.7 Å². The highest BCUT2D eigenvalue weighted by Gasteiger charge is 2.58. The maximum absolute atomic E-state index is 15.0. The van der Waals surface area contributed by atoms with Crippen molar-refractivity contribution in [3.05, 3.63) is 36.0 Å². The van der Waals surface area contributed by atoms with Gasteiger partial charge in [-0.05, 0) is 90.2 Å². The van der Waals surface area contributed by atoms with Crippen LogP contribution in [0.15, 0.2) is 36.0 Å². The molecule has 9 unspecified atom stereocenters. The van der Waals surface area contributed by atoms with Crippen LogP contribution in [0, 0.1) is 35.0 Å². The van der Waals surface area contributed by atoms with Crippen LogP contribution >= 0.6 is 0 Å². The molecular formula is C50H80NO13+. The van der Waals surface area contributed by atoms with Gasteiger partial charge in [0.05, 0.1) is 49.8 Å². The van der Waals surface area contributed by atoms with E-state index in [4.69, 9.17) is 47.4 Å². The largest absolute Gasteiger partial charge is 0.458 e. The molecule has 3 heterocycles. The lowest BCUT2D eigenvalue weighted by molar-refractivity contribution is -0.936. The molecule has 0 radical (unpaired) electrons. The minimum absolute atomic E-state index is 0.00607. The molecule has 0 aromatic rings. The van der Waals surface area contributed by atoms with E-state index in [0.29, 0.717) is 48.6 Å². The van der Waals surface area contributed by atoms with Crippen LogP contribution in [0.2, 0.25) is 0 Å². The van der Waals surface area contributed by atoms with Gasteiger partial charge in [0.15, 0.2) is 18.4 Å². The first-order chi connectivity index (χ1) is 30.3. The Morgan fingerprint density at radius 1 is 0.906 bits per heavy atom. The number of carbonyl (C=O) groups is 3. The van der Waals surface area contributed by atoms with Crippen molar-refractivity contribution in [2.75, 3.05) is 49.3 Å². The summed E-state index contributed by atoms with van der Waals surface area (Å²) in [5.74, 6) is -1.63. The minimum atomic E-state index is -0.693. The molecule has 0 aromatic carbocycles. The summed E-state index contributed by atoms with van der Waals surface area (Å²) in [4.78, 5) is 41.5. The maximum atomic E-state index is 15.0. The molecule has 3 aliphatic heterocycles. The van der Waals surface area contributed by atoms with Crippen molar-refractivity contribution in [2.24, 2.45) is 35.0 Å². The number of quaternary nitrogens is 1. The first-order valence-electron chi connectivity index (χ1n) is 23.9. The number of allylic oxidation sites excluding steroid dienone is 4. The van der Waals surface area contributed by atoms with E-state index in [9.17, 15) is 9.59 Å². The highest BCUT2D eigenvalue weighted by Crippen LogP contribution is 2.57. The van der Waals surface area contributed by atoms with Crippen LogP contribution in [0.1, 0.15) is 106 Å². The molecule has 362 valence electrons. The summed E-state index contributed by atoms with van der Waals surface area (Å²) in [6.07, 6.45) is 12.1. The Balaban J connectivity index is 1.22. The molecule has 6 rings (SSSR count). The molecule has 0 bridgehead atoms. The number of rotatable bonds is 13. The molecule has 0 spiro atoms. The SMILES string of the molecule is CC/C=C/[C@H]1CCC[C@H](OC2CCC([N+](C)(C)COC(=O)C(C)(C)C)C(C)O2)[C@@H](C)C(=O)C2=C[C@@H]3[C@@H](C=CC4(OC)C[C@@H](OC5OC(C)C(OC)C(OC)C5OC)C[C@@H]34)[C@@H]2CC(=O)O1. The van der Waals surface area contributed by atoms with Gasteiger partial charge in [-0.25, -0.2) is 0 Å². The van der Waals surface area contributed by atoms with Crippen molar-refractivity contribution in [2.45, 2.75) is 179 Å². The number of ketones is 1. The van der Waals surface area contributed by atoms with Crippen LogP contribution in [-0.2, 0) is 61.8 Å². The third kappa shape index (κ3) is 10.9. The van der Waals surface area contributed by atoms with Gasteiger partial charge in [0.2, 0.25) is 6.73 Å². The molecule has 1 saturated carbocycles. The Labute approximate surface area is 382 Å². The second-order valence-electron chi connectivity index (χ2n) is 20.8. The van der Waals surface area contributed by atoms with E-state index in [-0.39, 0.29) is 91.1 Å². The molecule has 0 aromatic heterocycles. The number of Topliss-reactive ketones (excluding diaryl/α,β-unsaturated/α-hetero) is 1. The second-order valence-corrected chi connectivity index (χ2v) is 20.8. The molecule has 64 heavy (non-hydrogen) atoms. The first-order valence-corrected chi connectivity index (χ1v) is 23.9. The summed E-state index contributed by atoms with van der Waals surface area (Å²) < 4.78 is 62.9. The maximum Gasteiger partial charge on any atom is 0.315 e. The first kappa shape index (κ1) is 50.9. The van der Waals surface area contributed by atoms with Gasteiger partial charge in [0, 0.05) is 65.5 Å². The smallest absolute Gasteiger partial charge is 0.315 e. The number of carbonyl (C=O) groups excluding carboxylic acids is 3. The van der Waals surface area contributed by atoms with Crippen molar-refractivity contribution in [1.82, 2.24) is 0 Å². The standard InChI is InChI=1S/C50H80NO13/c1-14-15-17-32-18-16-19-40(64-42-21-20-39(30(3)60-42)51(8,9)28-59-48(54)49(5,6)7)29(2)43(53)37-25-36-34(35(37)26-41(52)62-32)22-23-50(58-13)27-33(24-38(36)50)63-47-46(57-12)45(56-11)44(55-10)31(4)61-47/h15,17,22-23,25,29-36,38-40,42,44-47H,14,16,18-21,24,26-28H2,1-13H3/q+1/b17-15+/t29-,30?,31?,32+,33+,34+,35+,36-,38+,39?,40+,42?,44?,45?,46?,47?,50?/m1/s1. The van der Waals surface area contributed by atoms with Crippen LogP contribution in [-0.4, -0.2) is 145 Å². The molecular weight excluding hydrogens is 823 g/mol. The van der Waals surface area contributed by atoms with Crippen molar-refractivity contribution < 1.29 is 66.2 Å². The average molecular weight is 903 g/mol. The Hall–Kier alpha value is -2.53. The van der Waals surface area contributed by atoms with Crippen LogP contribution in [0.3, 0.4) is 0 Å². The van der Waals surface area contributed by atoms with Gasteiger partial charge >= 0.3 is 11.9 Å². The van der Waals surface area contributed by atoms with Crippen LogP contribution < -0.4 is 0 Å². The molecule has 0 amide bonds. The molecule has 3 aliphatic carbocycles. The lowest BCUT2D eigenvalue weighted by Crippen LogP contribution is -2.59. The fourth-order valence-electron chi connectivity index (χ4n) is 11.6. The van der Waals surface area contributed by atoms with Crippen molar-refractivity contribution in [3.63, 3.8) is 0 Å². The summed E-state index contributed by atoms with van der Waals surface area (Å²) in [7, 11) is 10.8. The van der Waals surface area contributed by atoms with Gasteiger partial charge in [-0.15, -0.1) is 0 Å². The number of hydrogen-bond acceptors (Lipinski definition) is 13. The zero-order chi connectivity index (χ0) is 46.7. The fourth-order valence-corrected chi connectivity index (χ4v) is 11.6. The summed E-state index contributed by atoms with van der Waals surface area (Å²) in [5, 5.41) is 0. The summed E-state index contributed by atoms with van der Waals surface area (Å²) in [6, 6.07) is 0.0786. The molecule has 14 heteroatoms. The number of nitrogens with zero attached hydrogens (tertiary/aromatic N) is 1. The number of methoxy groups -OCH3 is 4. The molecule has 17 atom stereocenters. The number of likely N-dealkylation sites (N-methyl/N-ethyl adjacent to an activating group) is 1. The summed E-state index contributed by atoms with van der Waals surface area (Å²) >= 11 is 0. The molecule has 14 nitrogen and oxygen atoms in total. The highest BCUT2D eigenvalue weighted by atomic mass is 16.7. The molecule has 3 saturated heterocycles. The van der Waals surface area contributed by atoms with E-state index in [1.807, 2.05) is 53.7 Å². The van der Waals surface area contributed by atoms with Crippen molar-refractivity contribution in [1.29, 1.82) is 0 Å². The summed E-state index contributed by atoms with van der Waals surface area (Å²) in [6.45, 7) is 13.8. The highest BCUT2D eigenvalue weighted by molar-refractivity contribution is 5.99. The topological polar surface area (TPSA) is 144 Å². The van der Waals surface area contributed by atoms with Gasteiger partial charge in [-0.3, -0.25) is 18.9 Å². The fraction of sp³-hybridized carbons (Fsp3) is 0.820. The Kier molecular flexibility index (Phi) is 16.8. The zero-order valence-electron chi connectivity index (χ0n) is 40.9. The molecule has 6 aliphatic rings. The second kappa shape index (κ2) is 21.2. The van der Waals surface area contributed by atoms with Gasteiger partial charge in [0.1, 0.15) is 36.6 Å². The average Bonchev–Trinajstić information content (AvgIpc) is 3.80. The predicted octanol–water partition coefficient (Wildman–Crippen LogP) is 6.87. The third-order valence-electron chi connectivity index (χ3n) is 15.1. The van der Waals surface area contributed by atoms with Crippen LogP contribution in [0.4, 0.5) is 0 Å². The molecule has 0 N–H and O–H groups in total. The van der Waals surface area contributed by atoms with E-state index >= 15 is 4.79 Å². The summed E-state index contributed by atoms with van der Waals surface area (Å²) in [5.41, 5.74) is -0.567. The van der Waals surface area contributed by atoms with E-state index in [1.54, 1.807) is 28.4 Å². The van der Waals surface area contributed by atoms with Gasteiger partial charge in [-0.1, -0.05) is 38.2 Å². The predicted molar refractivity (Wildman–Crippen MR) is 238 cm³/mol. The zero-order valence-corrected chi connectivity index (χ0v) is 40.9. The Bertz CT molecular complexity index is 1710. The Morgan fingerprint density at radius 2 is 1.62 bits per heavy atom. The van der Waals surface area contributed by atoms with Gasteiger partial charge in [0.25, 0.3) is 0 Å². The normalized spacial score (nSPS) is 41.0.